The Morgan fingerprint density at radius 2 is 1.70 bits per heavy atom. The predicted molar refractivity (Wildman–Crippen MR) is 80.5 cm³/mol. The van der Waals surface area contributed by atoms with E-state index >= 15 is 0 Å². The third-order valence-corrected chi connectivity index (χ3v) is 3.38. The number of rotatable bonds is 6. The molecule has 0 radical (unpaired) electrons. The van der Waals surface area contributed by atoms with Crippen LogP contribution in [0.4, 0.5) is 0 Å². The monoisotopic (exact) mass is 271 g/mol. The summed E-state index contributed by atoms with van der Waals surface area (Å²) in [4.78, 5) is 2.13. The summed E-state index contributed by atoms with van der Waals surface area (Å²) in [7, 11) is 0. The Morgan fingerprint density at radius 3 is 2.40 bits per heavy atom. The number of aliphatic hydroxyl groups excluding tert-OH is 1. The summed E-state index contributed by atoms with van der Waals surface area (Å²) >= 11 is 0. The minimum absolute atomic E-state index is 0.111. The van der Waals surface area contributed by atoms with Crippen molar-refractivity contribution in [1.82, 2.24) is 4.90 Å². The number of phenolic OH excluding ortho intramolecular Hbond substituents is 1. The molecule has 0 saturated carbocycles. The molecule has 0 spiro atoms. The molecule has 2 rings (SSSR count). The minimum atomic E-state index is 0.111. The number of aryl methyl sites for hydroxylation is 1. The maximum absolute atomic E-state index is 10.1. The highest BCUT2D eigenvalue weighted by Gasteiger charge is 2.10. The first-order chi connectivity index (χ1) is 9.70. The second-order valence-corrected chi connectivity index (χ2v) is 5.00. The van der Waals surface area contributed by atoms with Gasteiger partial charge in [-0.05, 0) is 18.1 Å². The fourth-order valence-electron chi connectivity index (χ4n) is 2.29. The van der Waals surface area contributed by atoms with Crippen molar-refractivity contribution >= 4 is 0 Å². The summed E-state index contributed by atoms with van der Waals surface area (Å²) in [6, 6.07) is 15.9. The molecule has 2 aromatic rings. The van der Waals surface area contributed by atoms with Gasteiger partial charge in [-0.1, -0.05) is 48.5 Å². The lowest BCUT2D eigenvalue weighted by Gasteiger charge is -2.22. The Labute approximate surface area is 120 Å². The Balaban J connectivity index is 2.11. The molecule has 0 heterocycles. The summed E-state index contributed by atoms with van der Waals surface area (Å²) < 4.78 is 0. The average molecular weight is 271 g/mol. The third-order valence-electron chi connectivity index (χ3n) is 3.38. The molecule has 3 heteroatoms. The van der Waals surface area contributed by atoms with Crippen molar-refractivity contribution in [2.24, 2.45) is 0 Å². The maximum atomic E-state index is 10.1. The largest absolute Gasteiger partial charge is 0.507 e. The van der Waals surface area contributed by atoms with E-state index < -0.39 is 0 Å². The third kappa shape index (κ3) is 3.83. The summed E-state index contributed by atoms with van der Waals surface area (Å²) in [5, 5.41) is 19.3. The van der Waals surface area contributed by atoms with Gasteiger partial charge in [0.05, 0.1) is 6.61 Å². The topological polar surface area (TPSA) is 43.7 Å². The number of hydrogen-bond donors (Lipinski definition) is 2. The van der Waals surface area contributed by atoms with Crippen LogP contribution in [-0.2, 0) is 13.1 Å². The molecule has 3 nitrogen and oxygen atoms in total. The van der Waals surface area contributed by atoms with Crippen LogP contribution in [0, 0.1) is 6.92 Å². The number of aliphatic hydroxyl groups is 1. The van der Waals surface area contributed by atoms with Gasteiger partial charge >= 0.3 is 0 Å². The number of nitrogens with zero attached hydrogens (tertiary/aromatic N) is 1. The Bertz CT molecular complexity index is 540. The molecule has 2 N–H and O–H groups in total. The molecule has 0 amide bonds. The molecule has 0 saturated heterocycles. The van der Waals surface area contributed by atoms with Gasteiger partial charge in [-0.3, -0.25) is 4.90 Å². The molecule has 0 aliphatic heterocycles. The van der Waals surface area contributed by atoms with Crippen LogP contribution >= 0.6 is 0 Å². The van der Waals surface area contributed by atoms with Crippen molar-refractivity contribution < 1.29 is 10.2 Å². The van der Waals surface area contributed by atoms with Crippen LogP contribution in [-0.4, -0.2) is 28.3 Å². The molecular weight excluding hydrogens is 250 g/mol. The van der Waals surface area contributed by atoms with E-state index in [-0.39, 0.29) is 6.61 Å². The van der Waals surface area contributed by atoms with Gasteiger partial charge in [-0.15, -0.1) is 0 Å². The number of aromatic hydroxyl groups is 1. The smallest absolute Gasteiger partial charge is 0.122 e. The van der Waals surface area contributed by atoms with Crippen molar-refractivity contribution in [3.8, 4) is 5.75 Å². The van der Waals surface area contributed by atoms with Crippen molar-refractivity contribution in [3.63, 3.8) is 0 Å². The van der Waals surface area contributed by atoms with Crippen LogP contribution in [0.2, 0.25) is 0 Å². The van der Waals surface area contributed by atoms with E-state index in [4.69, 9.17) is 0 Å². The lowest BCUT2D eigenvalue weighted by atomic mass is 10.1. The van der Waals surface area contributed by atoms with Crippen LogP contribution in [0.15, 0.2) is 48.5 Å². The molecule has 0 atom stereocenters. The van der Waals surface area contributed by atoms with Crippen LogP contribution in [0.1, 0.15) is 16.7 Å². The van der Waals surface area contributed by atoms with Crippen molar-refractivity contribution in [2.75, 3.05) is 13.2 Å². The Kier molecular flexibility index (Phi) is 5.16. The van der Waals surface area contributed by atoms with Crippen LogP contribution < -0.4 is 0 Å². The lowest BCUT2D eigenvalue weighted by Crippen LogP contribution is -2.26. The van der Waals surface area contributed by atoms with Gasteiger partial charge in [0.2, 0.25) is 0 Å². The zero-order valence-electron chi connectivity index (χ0n) is 11.8. The van der Waals surface area contributed by atoms with Gasteiger partial charge in [-0.25, -0.2) is 0 Å². The maximum Gasteiger partial charge on any atom is 0.122 e. The quantitative estimate of drug-likeness (QED) is 0.849. The number of hydrogen-bond acceptors (Lipinski definition) is 3. The first kappa shape index (κ1) is 14.6. The highest BCUT2D eigenvalue weighted by Crippen LogP contribution is 2.23. The minimum Gasteiger partial charge on any atom is -0.507 e. The van der Waals surface area contributed by atoms with Gasteiger partial charge in [0.25, 0.3) is 0 Å². The lowest BCUT2D eigenvalue weighted by molar-refractivity contribution is 0.183. The molecule has 20 heavy (non-hydrogen) atoms. The Hall–Kier alpha value is -1.84. The van der Waals surface area contributed by atoms with Crippen molar-refractivity contribution in [2.45, 2.75) is 20.0 Å². The van der Waals surface area contributed by atoms with E-state index in [1.165, 1.54) is 5.56 Å². The molecule has 0 aliphatic rings. The first-order valence-corrected chi connectivity index (χ1v) is 6.85. The van der Waals surface area contributed by atoms with E-state index in [2.05, 4.69) is 17.0 Å². The number of para-hydroxylation sites is 1. The normalized spacial score (nSPS) is 10.9. The number of phenols is 1. The molecule has 0 unspecified atom stereocenters. The Morgan fingerprint density at radius 1 is 0.950 bits per heavy atom. The van der Waals surface area contributed by atoms with Gasteiger partial charge in [-0.2, -0.15) is 0 Å². The van der Waals surface area contributed by atoms with Gasteiger partial charge < -0.3 is 10.2 Å². The van der Waals surface area contributed by atoms with Crippen LogP contribution in [0.3, 0.4) is 0 Å². The highest BCUT2D eigenvalue weighted by atomic mass is 16.3. The highest BCUT2D eigenvalue weighted by molar-refractivity contribution is 5.39. The van der Waals surface area contributed by atoms with E-state index in [1.54, 1.807) is 0 Å². The van der Waals surface area contributed by atoms with E-state index in [0.29, 0.717) is 18.8 Å². The second-order valence-electron chi connectivity index (χ2n) is 5.00. The van der Waals surface area contributed by atoms with Gasteiger partial charge in [0.15, 0.2) is 0 Å². The summed E-state index contributed by atoms with van der Waals surface area (Å²) in [5.74, 6) is 0.350. The van der Waals surface area contributed by atoms with Crippen LogP contribution in [0.25, 0.3) is 0 Å². The summed E-state index contributed by atoms with van der Waals surface area (Å²) in [6.07, 6.45) is 0. The second kappa shape index (κ2) is 7.08. The predicted octanol–water partition coefficient (Wildman–Crippen LogP) is 2.70. The SMILES string of the molecule is Cc1cccc(CN(CCO)Cc2ccccc2)c1O. The van der Waals surface area contributed by atoms with Crippen molar-refractivity contribution in [3.05, 3.63) is 65.2 Å². The number of benzene rings is 2. The zero-order chi connectivity index (χ0) is 14.4. The summed E-state index contributed by atoms with van der Waals surface area (Å²) in [6.45, 7) is 3.98. The summed E-state index contributed by atoms with van der Waals surface area (Å²) in [5.41, 5.74) is 2.98. The fourth-order valence-corrected chi connectivity index (χ4v) is 2.29. The molecular formula is C17H21NO2. The molecule has 0 aromatic heterocycles. The molecule has 0 fully saturated rings. The van der Waals surface area contributed by atoms with Gasteiger partial charge in [0, 0.05) is 25.2 Å². The van der Waals surface area contributed by atoms with E-state index in [0.717, 1.165) is 17.7 Å². The van der Waals surface area contributed by atoms with E-state index in [9.17, 15) is 10.2 Å². The fraction of sp³-hybridized carbons (Fsp3) is 0.294. The molecule has 0 bridgehead atoms. The van der Waals surface area contributed by atoms with E-state index in [1.807, 2.05) is 43.3 Å². The van der Waals surface area contributed by atoms with Gasteiger partial charge in [0.1, 0.15) is 5.75 Å². The average Bonchev–Trinajstić information content (AvgIpc) is 2.45. The zero-order valence-corrected chi connectivity index (χ0v) is 11.8. The van der Waals surface area contributed by atoms with Crippen molar-refractivity contribution in [1.29, 1.82) is 0 Å². The first-order valence-electron chi connectivity index (χ1n) is 6.85. The molecule has 0 aliphatic carbocycles. The molecule has 2 aromatic carbocycles. The molecule has 106 valence electrons. The standard InChI is InChI=1S/C17H21NO2/c1-14-6-5-9-16(17(14)20)13-18(10-11-19)12-15-7-3-2-4-8-15/h2-9,19-20H,10-13H2,1H3. The van der Waals surface area contributed by atoms with Crippen LogP contribution in [0.5, 0.6) is 5.75 Å².